The van der Waals surface area contributed by atoms with Crippen LogP contribution in [0.3, 0.4) is 0 Å². The van der Waals surface area contributed by atoms with Gasteiger partial charge in [0.15, 0.2) is 0 Å². The third-order valence-electron chi connectivity index (χ3n) is 8.38. The Bertz CT molecular complexity index is 918. The maximum Gasteiger partial charge on any atom is 0.336 e. The molecule has 6 N–H and O–H groups in total. The van der Waals surface area contributed by atoms with Crippen LogP contribution in [-0.2, 0) is 19.6 Å². The largest absolute Gasteiger partial charge is 0.390 e. The molecule has 3 fully saturated rings. The van der Waals surface area contributed by atoms with Gasteiger partial charge in [0.2, 0.25) is 0 Å². The predicted octanol–water partition coefficient (Wildman–Crippen LogP) is -2.26. The third kappa shape index (κ3) is 5.84. The molecule has 0 spiro atoms. The fourth-order valence-electron chi connectivity index (χ4n) is 6.07. The fourth-order valence-corrected chi connectivity index (χ4v) is 6.07. The van der Waals surface area contributed by atoms with E-state index >= 15 is 0 Å². The number of rotatable bonds is 6. The normalized spacial score (nSPS) is 37.7. The number of aliphatic hydroxyl groups excluding tert-OH is 6. The molecule has 0 radical (unpaired) electrons. The average Bonchev–Trinajstić information content (AvgIpc) is 2.84. The monoisotopic (exact) mass is 513 g/mol. The minimum atomic E-state index is -0.946. The molecule has 36 heavy (non-hydrogen) atoms. The van der Waals surface area contributed by atoms with Gasteiger partial charge in [-0.3, -0.25) is 0 Å². The molecule has 0 saturated heterocycles. The highest BCUT2D eigenvalue weighted by molar-refractivity contribution is 4.88. The van der Waals surface area contributed by atoms with Crippen molar-refractivity contribution in [2.24, 2.45) is 17.8 Å². The van der Waals surface area contributed by atoms with E-state index in [4.69, 9.17) is 0 Å². The van der Waals surface area contributed by atoms with Crippen LogP contribution in [0.25, 0.3) is 0 Å². The summed E-state index contributed by atoms with van der Waals surface area (Å²) in [5.74, 6) is -0.690. The molecule has 9 unspecified atom stereocenters. The second-order valence-electron chi connectivity index (χ2n) is 11.1. The van der Waals surface area contributed by atoms with Crippen molar-refractivity contribution in [2.45, 2.75) is 114 Å². The zero-order valence-corrected chi connectivity index (χ0v) is 20.4. The van der Waals surface area contributed by atoms with Crippen molar-refractivity contribution in [3.63, 3.8) is 0 Å². The van der Waals surface area contributed by atoms with Crippen LogP contribution in [0.5, 0.6) is 0 Å². The van der Waals surface area contributed by atoms with Crippen LogP contribution in [0, 0.1) is 17.8 Å². The quantitative estimate of drug-likeness (QED) is 0.244. The fraction of sp³-hybridized carbons (Fsp3) is 0.875. The van der Waals surface area contributed by atoms with E-state index in [9.17, 15) is 45.0 Å². The molecule has 0 aliphatic heterocycles. The Morgan fingerprint density at radius 3 is 0.917 bits per heavy atom. The molecule has 12 nitrogen and oxygen atoms in total. The van der Waals surface area contributed by atoms with Gasteiger partial charge in [-0.15, -0.1) is 0 Å². The van der Waals surface area contributed by atoms with Crippen molar-refractivity contribution in [1.29, 1.82) is 0 Å². The molecule has 1 aromatic rings. The highest BCUT2D eigenvalue weighted by Crippen LogP contribution is 2.28. The Labute approximate surface area is 208 Å². The second-order valence-corrected chi connectivity index (χ2v) is 11.1. The van der Waals surface area contributed by atoms with Gasteiger partial charge in [0.05, 0.1) is 36.6 Å². The molecule has 204 valence electrons. The lowest BCUT2D eigenvalue weighted by atomic mass is 9.85. The smallest absolute Gasteiger partial charge is 0.336 e. The first-order valence-electron chi connectivity index (χ1n) is 13.1. The Balaban J connectivity index is 1.67. The summed E-state index contributed by atoms with van der Waals surface area (Å²) in [6.45, 7) is -0.000779. The molecule has 4 rings (SSSR count). The van der Waals surface area contributed by atoms with E-state index in [1.165, 1.54) is 0 Å². The van der Waals surface area contributed by atoms with E-state index in [1.54, 1.807) is 0 Å². The summed E-state index contributed by atoms with van der Waals surface area (Å²) in [6.07, 6.45) is -2.10. The second kappa shape index (κ2) is 11.3. The summed E-state index contributed by atoms with van der Waals surface area (Å²) in [4.78, 5) is 40.2. The highest BCUT2D eigenvalue weighted by Gasteiger charge is 2.33. The standard InChI is InChI=1S/C24H39N3O9/c28-16-4-1-13(7-19(16)31)10-25-22(34)26(11-14-2-5-17(29)20(32)8-14)24(36)27(23(25)35)12-15-3-6-18(30)21(33)9-15/h13-21,28-33H,1-12H2. The molecule has 12 heteroatoms. The summed E-state index contributed by atoms with van der Waals surface area (Å²) in [7, 11) is 0. The van der Waals surface area contributed by atoms with Gasteiger partial charge in [0.1, 0.15) is 0 Å². The molecule has 0 aromatic carbocycles. The maximum absolute atomic E-state index is 13.4. The minimum Gasteiger partial charge on any atom is -0.390 e. The lowest BCUT2D eigenvalue weighted by molar-refractivity contribution is -0.0303. The topological polar surface area (TPSA) is 187 Å². The van der Waals surface area contributed by atoms with Crippen molar-refractivity contribution in [1.82, 2.24) is 13.7 Å². The SMILES string of the molecule is O=c1n(CC2CCC(O)C(O)C2)c(=O)n(CC2CCC(O)C(O)C2)c(=O)n1CC1CCC(O)C(O)C1. The van der Waals surface area contributed by atoms with Crippen LogP contribution in [0.1, 0.15) is 57.8 Å². The summed E-state index contributed by atoms with van der Waals surface area (Å²) < 4.78 is 3.08. The lowest BCUT2D eigenvalue weighted by Crippen LogP contribution is -2.57. The number of nitrogens with zero attached hydrogens (tertiary/aromatic N) is 3. The number of aliphatic hydroxyl groups is 6. The van der Waals surface area contributed by atoms with E-state index in [2.05, 4.69) is 0 Å². The van der Waals surface area contributed by atoms with E-state index in [0.717, 1.165) is 13.7 Å². The van der Waals surface area contributed by atoms with Crippen molar-refractivity contribution < 1.29 is 30.6 Å². The minimum absolute atomic E-state index is 0.000260. The Morgan fingerprint density at radius 1 is 0.444 bits per heavy atom. The molecule has 3 saturated carbocycles. The first-order valence-corrected chi connectivity index (χ1v) is 13.1. The van der Waals surface area contributed by atoms with Crippen LogP contribution in [0.4, 0.5) is 0 Å². The Morgan fingerprint density at radius 2 is 0.694 bits per heavy atom. The average molecular weight is 514 g/mol. The van der Waals surface area contributed by atoms with Gasteiger partial charge in [-0.1, -0.05) is 0 Å². The van der Waals surface area contributed by atoms with Gasteiger partial charge in [-0.2, -0.15) is 0 Å². The molecule has 1 aromatic heterocycles. The van der Waals surface area contributed by atoms with Gasteiger partial charge in [-0.05, 0) is 75.5 Å². The van der Waals surface area contributed by atoms with Crippen LogP contribution in [0.15, 0.2) is 14.4 Å². The van der Waals surface area contributed by atoms with E-state index in [0.29, 0.717) is 38.5 Å². The molecular weight excluding hydrogens is 474 g/mol. The summed E-state index contributed by atoms with van der Waals surface area (Å²) in [6, 6.07) is 0. The van der Waals surface area contributed by atoms with E-state index in [1.807, 2.05) is 0 Å². The molecule has 9 atom stereocenters. The summed E-state index contributed by atoms with van der Waals surface area (Å²) in [5.41, 5.74) is -2.25. The van der Waals surface area contributed by atoms with Crippen molar-refractivity contribution in [3.05, 3.63) is 31.5 Å². The first kappa shape index (κ1) is 27.2. The Kier molecular flexibility index (Phi) is 8.52. The molecular formula is C24H39N3O9. The van der Waals surface area contributed by atoms with Gasteiger partial charge in [-0.25, -0.2) is 28.1 Å². The van der Waals surface area contributed by atoms with Crippen molar-refractivity contribution in [3.8, 4) is 0 Å². The van der Waals surface area contributed by atoms with Crippen molar-refractivity contribution in [2.75, 3.05) is 0 Å². The predicted molar refractivity (Wildman–Crippen MR) is 127 cm³/mol. The lowest BCUT2D eigenvalue weighted by Gasteiger charge is -2.32. The number of hydrogen-bond acceptors (Lipinski definition) is 9. The van der Waals surface area contributed by atoms with Crippen LogP contribution >= 0.6 is 0 Å². The van der Waals surface area contributed by atoms with Crippen LogP contribution in [-0.4, -0.2) is 81.0 Å². The maximum atomic E-state index is 13.4. The zero-order chi connectivity index (χ0) is 26.1. The van der Waals surface area contributed by atoms with Crippen molar-refractivity contribution >= 4 is 0 Å². The Hall–Kier alpha value is -1.83. The summed E-state index contributed by atoms with van der Waals surface area (Å²) >= 11 is 0. The highest BCUT2D eigenvalue weighted by atomic mass is 16.3. The zero-order valence-electron chi connectivity index (χ0n) is 20.4. The molecule has 3 aliphatic carbocycles. The third-order valence-corrected chi connectivity index (χ3v) is 8.38. The summed E-state index contributed by atoms with van der Waals surface area (Å²) in [5, 5.41) is 59.7. The van der Waals surface area contributed by atoms with E-state index < -0.39 is 53.7 Å². The number of aromatic nitrogens is 3. The van der Waals surface area contributed by atoms with Crippen LogP contribution in [0.2, 0.25) is 0 Å². The van der Waals surface area contributed by atoms with E-state index in [-0.39, 0.29) is 56.7 Å². The van der Waals surface area contributed by atoms with Gasteiger partial charge < -0.3 is 30.6 Å². The first-order chi connectivity index (χ1) is 17.0. The molecule has 0 bridgehead atoms. The van der Waals surface area contributed by atoms with Gasteiger partial charge >= 0.3 is 17.1 Å². The van der Waals surface area contributed by atoms with Crippen LogP contribution < -0.4 is 17.1 Å². The van der Waals surface area contributed by atoms with Gasteiger partial charge in [0.25, 0.3) is 0 Å². The number of hydrogen-bond donors (Lipinski definition) is 6. The molecule has 3 aliphatic rings. The molecule has 1 heterocycles. The van der Waals surface area contributed by atoms with Gasteiger partial charge in [0, 0.05) is 19.6 Å². The molecule has 0 amide bonds.